The van der Waals surface area contributed by atoms with Gasteiger partial charge in [-0.2, -0.15) is 0 Å². The number of unbranched alkanes of at least 4 members (excludes halogenated alkanes) is 1. The Morgan fingerprint density at radius 3 is 2.52 bits per heavy atom. The second-order valence-electron chi connectivity index (χ2n) is 6.65. The largest absolute Gasteiger partial charge is 0.449 e. The number of carbonyl (C=O) groups excluding carboxylic acids is 1. The molecule has 0 spiro atoms. The van der Waals surface area contributed by atoms with Gasteiger partial charge in [0, 0.05) is 25.4 Å². The first-order valence-corrected chi connectivity index (χ1v) is 9.03. The van der Waals surface area contributed by atoms with Crippen LogP contribution in [-0.4, -0.2) is 36.4 Å². The quantitative estimate of drug-likeness (QED) is 0.717. The van der Waals surface area contributed by atoms with Gasteiger partial charge < -0.3 is 9.64 Å². The molecule has 7 heteroatoms. The molecule has 1 amide bonds. The first kappa shape index (κ1) is 17.5. The number of benzene rings is 1. The first-order valence-electron chi connectivity index (χ1n) is 9.03. The van der Waals surface area contributed by atoms with Crippen LogP contribution in [0.3, 0.4) is 0 Å². The molecule has 0 aromatic heterocycles. The van der Waals surface area contributed by atoms with E-state index in [1.165, 1.54) is 5.56 Å². The van der Waals surface area contributed by atoms with Crippen molar-refractivity contribution in [3.8, 4) is 0 Å². The Hall–Kier alpha value is -2.31. The molecule has 0 saturated carbocycles. The highest BCUT2D eigenvalue weighted by molar-refractivity contribution is 5.67. The Bertz CT molecular complexity index is 612. The van der Waals surface area contributed by atoms with Crippen LogP contribution in [0.4, 0.5) is 4.79 Å². The Balaban J connectivity index is 1.59. The van der Waals surface area contributed by atoms with Crippen LogP contribution < -0.4 is 0 Å². The molecule has 0 unspecified atom stereocenters. The van der Waals surface area contributed by atoms with E-state index in [-0.39, 0.29) is 12.0 Å². The van der Waals surface area contributed by atoms with Crippen LogP contribution in [0.25, 0.3) is 0 Å². The number of likely N-dealkylation sites (tertiary alicyclic amines) is 1. The number of ether oxygens (including phenoxy) is 1. The van der Waals surface area contributed by atoms with E-state index >= 15 is 0 Å². The highest BCUT2D eigenvalue weighted by Gasteiger charge is 2.44. The topological polar surface area (TPSA) is 79.0 Å². The molecule has 134 valence electrons. The number of rotatable bonds is 6. The van der Waals surface area contributed by atoms with Gasteiger partial charge in [0.05, 0.1) is 6.61 Å². The smallest absolute Gasteiger partial charge is 0.409 e. The lowest BCUT2D eigenvalue weighted by Gasteiger charge is -2.37. The minimum atomic E-state index is -0.625. The van der Waals surface area contributed by atoms with Gasteiger partial charge in [-0.3, -0.25) is 0 Å². The lowest BCUT2D eigenvalue weighted by molar-refractivity contribution is 0.0759. The van der Waals surface area contributed by atoms with Crippen LogP contribution >= 0.6 is 0 Å². The summed E-state index contributed by atoms with van der Waals surface area (Å²) in [4.78, 5) is 13.9. The van der Waals surface area contributed by atoms with E-state index in [0.717, 1.165) is 25.7 Å². The van der Waals surface area contributed by atoms with Crippen molar-refractivity contribution in [1.29, 1.82) is 0 Å². The molecule has 2 heterocycles. The maximum atomic E-state index is 12.1. The third-order valence-corrected chi connectivity index (χ3v) is 4.91. The van der Waals surface area contributed by atoms with Gasteiger partial charge in [0.1, 0.15) is 0 Å². The molecular weight excluding hydrogens is 318 g/mol. The van der Waals surface area contributed by atoms with Crippen LogP contribution in [0, 0.1) is 5.92 Å². The van der Waals surface area contributed by atoms with Crippen molar-refractivity contribution >= 4 is 6.09 Å². The zero-order valence-corrected chi connectivity index (χ0v) is 14.7. The molecule has 0 aliphatic carbocycles. The van der Waals surface area contributed by atoms with Crippen molar-refractivity contribution in [2.24, 2.45) is 26.6 Å². The van der Waals surface area contributed by atoms with Gasteiger partial charge in [-0.05, 0) is 35.3 Å². The molecule has 2 aliphatic heterocycles. The van der Waals surface area contributed by atoms with Crippen LogP contribution in [-0.2, 0) is 11.2 Å². The zero-order chi connectivity index (χ0) is 17.5. The molecular formula is C18H25N5O2. The summed E-state index contributed by atoms with van der Waals surface area (Å²) in [5, 5.41) is 16.3. The third-order valence-electron chi connectivity index (χ3n) is 4.91. The van der Waals surface area contributed by atoms with Crippen molar-refractivity contribution < 1.29 is 9.53 Å². The van der Waals surface area contributed by atoms with E-state index < -0.39 is 5.66 Å². The van der Waals surface area contributed by atoms with Crippen molar-refractivity contribution in [3.63, 3.8) is 0 Å². The summed E-state index contributed by atoms with van der Waals surface area (Å²) in [6, 6.07) is 10.2. The standard InChI is InChI=1S/C18H25N5O2/c1-2-3-13-25-17(24)23-11-9-16(10-12-23)18(19-21-22-20-18)14-15-7-5-4-6-8-15/h4-8,16H,2-3,9-14H2,1H3. The first-order chi connectivity index (χ1) is 12.2. The second kappa shape index (κ2) is 8.18. The molecule has 2 aliphatic rings. The summed E-state index contributed by atoms with van der Waals surface area (Å²) in [6.45, 7) is 3.90. The number of amides is 1. The Kier molecular flexibility index (Phi) is 5.73. The van der Waals surface area contributed by atoms with Crippen LogP contribution in [0.15, 0.2) is 51.0 Å². The van der Waals surface area contributed by atoms with E-state index in [9.17, 15) is 4.79 Å². The van der Waals surface area contributed by atoms with Crippen LogP contribution in [0.2, 0.25) is 0 Å². The molecule has 0 radical (unpaired) electrons. The van der Waals surface area contributed by atoms with E-state index in [1.54, 1.807) is 4.90 Å². The van der Waals surface area contributed by atoms with E-state index in [1.807, 2.05) is 18.2 Å². The molecule has 1 aromatic rings. The Morgan fingerprint density at radius 2 is 1.88 bits per heavy atom. The fourth-order valence-electron chi connectivity index (χ4n) is 3.41. The second-order valence-corrected chi connectivity index (χ2v) is 6.65. The van der Waals surface area contributed by atoms with E-state index in [0.29, 0.717) is 26.1 Å². The van der Waals surface area contributed by atoms with Gasteiger partial charge in [-0.25, -0.2) is 4.79 Å². The number of nitrogens with zero attached hydrogens (tertiary/aromatic N) is 5. The molecule has 1 aromatic carbocycles. The van der Waals surface area contributed by atoms with Gasteiger partial charge in [-0.15, -0.1) is 10.2 Å². The maximum absolute atomic E-state index is 12.1. The van der Waals surface area contributed by atoms with Crippen molar-refractivity contribution in [2.75, 3.05) is 19.7 Å². The van der Waals surface area contributed by atoms with Crippen LogP contribution in [0.5, 0.6) is 0 Å². The Labute approximate surface area is 148 Å². The molecule has 0 bridgehead atoms. The monoisotopic (exact) mass is 343 g/mol. The number of piperidine rings is 1. The maximum Gasteiger partial charge on any atom is 0.409 e. The summed E-state index contributed by atoms with van der Waals surface area (Å²) in [5.41, 5.74) is 0.545. The SMILES string of the molecule is CCCCOC(=O)N1CCC(C2(Cc3ccccc3)N=NN=N2)CC1. The van der Waals surface area contributed by atoms with Crippen molar-refractivity contribution in [3.05, 3.63) is 35.9 Å². The number of hydrogen-bond acceptors (Lipinski definition) is 6. The highest BCUT2D eigenvalue weighted by atomic mass is 16.6. The fourth-order valence-corrected chi connectivity index (χ4v) is 3.41. The fraction of sp³-hybridized carbons (Fsp3) is 0.611. The summed E-state index contributed by atoms with van der Waals surface area (Å²) in [7, 11) is 0. The van der Waals surface area contributed by atoms with Gasteiger partial charge >= 0.3 is 6.09 Å². The zero-order valence-electron chi connectivity index (χ0n) is 14.7. The van der Waals surface area contributed by atoms with E-state index in [4.69, 9.17) is 4.74 Å². The molecule has 25 heavy (non-hydrogen) atoms. The predicted molar refractivity (Wildman–Crippen MR) is 93.1 cm³/mol. The molecule has 1 fully saturated rings. The summed E-state index contributed by atoms with van der Waals surface area (Å²) >= 11 is 0. The normalized spacial score (nSPS) is 19.3. The summed E-state index contributed by atoms with van der Waals surface area (Å²) in [5.74, 6) is 0.224. The average Bonchev–Trinajstić information content (AvgIpc) is 3.12. The van der Waals surface area contributed by atoms with Crippen molar-refractivity contribution in [2.45, 2.75) is 44.7 Å². The third kappa shape index (κ3) is 4.21. The molecule has 0 atom stereocenters. The lowest BCUT2D eigenvalue weighted by Crippen LogP contribution is -2.45. The van der Waals surface area contributed by atoms with Gasteiger partial charge in [0.15, 0.2) is 0 Å². The molecule has 3 rings (SSSR count). The number of carbonyl (C=O) groups is 1. The van der Waals surface area contributed by atoms with Gasteiger partial charge in [-0.1, -0.05) is 43.7 Å². The molecule has 0 N–H and O–H groups in total. The molecule has 1 saturated heterocycles. The lowest BCUT2D eigenvalue weighted by atomic mass is 9.81. The van der Waals surface area contributed by atoms with Gasteiger partial charge in [0.2, 0.25) is 5.66 Å². The summed E-state index contributed by atoms with van der Waals surface area (Å²) < 4.78 is 5.31. The van der Waals surface area contributed by atoms with Gasteiger partial charge in [0.25, 0.3) is 0 Å². The van der Waals surface area contributed by atoms with E-state index in [2.05, 4.69) is 39.7 Å². The molecule has 7 nitrogen and oxygen atoms in total. The van der Waals surface area contributed by atoms with Crippen LogP contribution in [0.1, 0.15) is 38.2 Å². The predicted octanol–water partition coefficient (Wildman–Crippen LogP) is 4.41. The average molecular weight is 343 g/mol. The highest BCUT2D eigenvalue weighted by Crippen LogP contribution is 2.38. The minimum Gasteiger partial charge on any atom is -0.449 e. The number of hydrogen-bond donors (Lipinski definition) is 0. The summed E-state index contributed by atoms with van der Waals surface area (Å²) in [6.07, 6.45) is 4.06. The Morgan fingerprint density at radius 1 is 1.20 bits per heavy atom. The minimum absolute atomic E-state index is 0.210. The van der Waals surface area contributed by atoms with Crippen molar-refractivity contribution in [1.82, 2.24) is 4.90 Å².